The zero-order chi connectivity index (χ0) is 24.8. The third kappa shape index (κ3) is 6.63. The molecule has 1 heterocycles. The third-order valence-corrected chi connectivity index (χ3v) is 7.73. The fourth-order valence-corrected chi connectivity index (χ4v) is 5.54. The van der Waals surface area contributed by atoms with Crippen LogP contribution in [0.4, 0.5) is 0 Å². The van der Waals surface area contributed by atoms with Gasteiger partial charge in [-0.1, -0.05) is 36.4 Å². The predicted octanol–water partition coefficient (Wildman–Crippen LogP) is 3.93. The van der Waals surface area contributed by atoms with E-state index in [-0.39, 0.29) is 25.7 Å². The quantitative estimate of drug-likeness (QED) is 0.651. The van der Waals surface area contributed by atoms with E-state index in [1.165, 1.54) is 18.2 Å². The van der Waals surface area contributed by atoms with Crippen molar-refractivity contribution in [2.45, 2.75) is 57.1 Å². The van der Waals surface area contributed by atoms with Crippen LogP contribution in [0.1, 0.15) is 48.3 Å². The van der Waals surface area contributed by atoms with Crippen molar-refractivity contribution in [1.29, 1.82) is 0 Å². The Labute approximate surface area is 209 Å². The van der Waals surface area contributed by atoms with Crippen molar-refractivity contribution in [3.05, 3.63) is 65.2 Å². The van der Waals surface area contributed by atoms with Crippen molar-refractivity contribution in [2.24, 2.45) is 0 Å². The maximum atomic E-state index is 12.7. The molecule has 35 heavy (non-hydrogen) atoms. The second-order valence-corrected chi connectivity index (χ2v) is 10.4. The summed E-state index contributed by atoms with van der Waals surface area (Å²) in [6.45, 7) is 6.38. The summed E-state index contributed by atoms with van der Waals surface area (Å²) in [6, 6.07) is 17.2. The first-order valence-corrected chi connectivity index (χ1v) is 12.8. The molecular formula is C29H40N2O4. The zero-order valence-electron chi connectivity index (χ0n) is 21.4. The van der Waals surface area contributed by atoms with Crippen LogP contribution in [-0.4, -0.2) is 79.0 Å². The van der Waals surface area contributed by atoms with Crippen LogP contribution < -0.4 is 4.74 Å². The molecule has 2 aromatic carbocycles. The number of benzene rings is 2. The zero-order valence-corrected chi connectivity index (χ0v) is 21.4. The van der Waals surface area contributed by atoms with E-state index < -0.39 is 5.60 Å². The van der Waals surface area contributed by atoms with Gasteiger partial charge in [-0.2, -0.15) is 0 Å². The Morgan fingerprint density at radius 1 is 1.00 bits per heavy atom. The molecular weight excluding hydrogens is 440 g/mol. The summed E-state index contributed by atoms with van der Waals surface area (Å²) in [5.41, 5.74) is 2.63. The molecule has 1 saturated heterocycles. The molecule has 1 aliphatic heterocycles. The predicted molar refractivity (Wildman–Crippen MR) is 138 cm³/mol. The van der Waals surface area contributed by atoms with Gasteiger partial charge in [0.05, 0.1) is 6.54 Å². The largest absolute Gasteiger partial charge is 0.490 e. The van der Waals surface area contributed by atoms with Crippen molar-refractivity contribution < 1.29 is 19.4 Å². The summed E-state index contributed by atoms with van der Waals surface area (Å²) < 4.78 is 11.2. The van der Waals surface area contributed by atoms with Crippen LogP contribution in [0, 0.1) is 13.8 Å². The number of methoxy groups -OCH3 is 1. The molecule has 1 N–H and O–H groups in total. The number of hydrogen-bond acceptors (Lipinski definition) is 5. The van der Waals surface area contributed by atoms with E-state index in [2.05, 4.69) is 49.1 Å². The smallest absolute Gasteiger partial charge is 0.248 e. The van der Waals surface area contributed by atoms with Crippen molar-refractivity contribution >= 4 is 5.91 Å². The third-order valence-electron chi connectivity index (χ3n) is 7.73. The summed E-state index contributed by atoms with van der Waals surface area (Å²) in [4.78, 5) is 16.8. The number of nitrogens with zero attached hydrogens (tertiary/aromatic N) is 2. The van der Waals surface area contributed by atoms with Gasteiger partial charge >= 0.3 is 0 Å². The standard InChI is InChI=1S/C29H40N2O4/c1-22-9-14-27(17-23(22)2)35-21-29(33)19-30(15-16-31(20-29)28(32)18-34-3)26-12-10-25(11-13-26)24-7-5-4-6-8-24/h4-9,14,17,25-26,33H,10-13,15-16,18-21H2,1-3H3. The highest BCUT2D eigenvalue weighted by Gasteiger charge is 2.40. The maximum Gasteiger partial charge on any atom is 0.248 e. The first kappa shape index (κ1) is 25.7. The first-order chi connectivity index (χ1) is 16.9. The fraction of sp³-hybridized carbons (Fsp3) is 0.552. The number of aryl methyl sites for hydroxylation is 2. The van der Waals surface area contributed by atoms with Gasteiger partial charge in [-0.05, 0) is 74.3 Å². The molecule has 6 heteroatoms. The SMILES string of the molecule is COCC(=O)N1CCN(C2CCC(c3ccccc3)CC2)CC(O)(COc2ccc(C)c(C)c2)C1. The minimum absolute atomic E-state index is 0.0241. The minimum Gasteiger partial charge on any atom is -0.490 e. The van der Waals surface area contributed by atoms with Gasteiger partial charge in [0.1, 0.15) is 24.6 Å². The fourth-order valence-electron chi connectivity index (χ4n) is 5.54. The Bertz CT molecular complexity index is 974. The molecule has 1 unspecified atom stereocenters. The van der Waals surface area contributed by atoms with Gasteiger partial charge in [0, 0.05) is 32.8 Å². The Hall–Kier alpha value is -2.41. The number of hydrogen-bond donors (Lipinski definition) is 1. The lowest BCUT2D eigenvalue weighted by atomic mass is 9.81. The number of carbonyl (C=O) groups is 1. The number of aliphatic hydroxyl groups is 1. The summed E-state index contributed by atoms with van der Waals surface area (Å²) in [6.07, 6.45) is 4.49. The lowest BCUT2D eigenvalue weighted by molar-refractivity contribution is -0.138. The molecule has 1 atom stereocenters. The van der Waals surface area contributed by atoms with Crippen molar-refractivity contribution in [2.75, 3.05) is 46.5 Å². The highest BCUT2D eigenvalue weighted by Crippen LogP contribution is 2.35. The molecule has 0 spiro atoms. The van der Waals surface area contributed by atoms with Crippen LogP contribution in [0.2, 0.25) is 0 Å². The Balaban J connectivity index is 1.45. The highest BCUT2D eigenvalue weighted by atomic mass is 16.5. The summed E-state index contributed by atoms with van der Waals surface area (Å²) in [5, 5.41) is 11.8. The molecule has 2 aromatic rings. The average Bonchev–Trinajstić information content (AvgIpc) is 3.05. The van der Waals surface area contributed by atoms with Crippen molar-refractivity contribution in [3.8, 4) is 5.75 Å². The van der Waals surface area contributed by atoms with E-state index in [1.54, 1.807) is 4.90 Å². The van der Waals surface area contributed by atoms with Gasteiger partial charge in [0.15, 0.2) is 0 Å². The van der Waals surface area contributed by atoms with E-state index in [4.69, 9.17) is 9.47 Å². The summed E-state index contributed by atoms with van der Waals surface area (Å²) in [7, 11) is 1.53. The van der Waals surface area contributed by atoms with Crippen LogP contribution in [-0.2, 0) is 9.53 Å². The van der Waals surface area contributed by atoms with Crippen LogP contribution in [0.15, 0.2) is 48.5 Å². The minimum atomic E-state index is -1.16. The molecule has 0 bridgehead atoms. The van der Waals surface area contributed by atoms with Crippen molar-refractivity contribution in [3.63, 3.8) is 0 Å². The van der Waals surface area contributed by atoms with Crippen LogP contribution in [0.5, 0.6) is 5.75 Å². The Morgan fingerprint density at radius 2 is 1.74 bits per heavy atom. The lowest BCUT2D eigenvalue weighted by Crippen LogP contribution is -2.54. The van der Waals surface area contributed by atoms with E-state index in [1.807, 2.05) is 18.2 Å². The molecule has 1 aliphatic carbocycles. The van der Waals surface area contributed by atoms with Gasteiger partial charge in [-0.3, -0.25) is 9.69 Å². The van der Waals surface area contributed by atoms with Gasteiger partial charge < -0.3 is 19.5 Å². The molecule has 2 aliphatic rings. The molecule has 2 fully saturated rings. The number of rotatable bonds is 7. The van der Waals surface area contributed by atoms with Gasteiger partial charge in [-0.15, -0.1) is 0 Å². The van der Waals surface area contributed by atoms with Gasteiger partial charge in [-0.25, -0.2) is 0 Å². The molecule has 0 aromatic heterocycles. The molecule has 6 nitrogen and oxygen atoms in total. The summed E-state index contributed by atoms with van der Waals surface area (Å²) >= 11 is 0. The van der Waals surface area contributed by atoms with Crippen LogP contribution >= 0.6 is 0 Å². The second kappa shape index (κ2) is 11.5. The number of carbonyl (C=O) groups excluding carboxylic acids is 1. The average molecular weight is 481 g/mol. The van der Waals surface area contributed by atoms with Gasteiger partial charge in [0.25, 0.3) is 0 Å². The summed E-state index contributed by atoms with van der Waals surface area (Å²) in [5.74, 6) is 1.26. The molecule has 4 rings (SSSR count). The van der Waals surface area contributed by atoms with Gasteiger partial charge in [0.2, 0.25) is 5.91 Å². The molecule has 1 saturated carbocycles. The van der Waals surface area contributed by atoms with Crippen LogP contribution in [0.25, 0.3) is 0 Å². The van der Waals surface area contributed by atoms with Crippen molar-refractivity contribution in [1.82, 2.24) is 9.80 Å². The molecule has 0 radical (unpaired) electrons. The van der Waals surface area contributed by atoms with E-state index in [0.29, 0.717) is 25.0 Å². The Morgan fingerprint density at radius 3 is 2.43 bits per heavy atom. The van der Waals surface area contributed by atoms with E-state index in [9.17, 15) is 9.90 Å². The first-order valence-electron chi connectivity index (χ1n) is 12.8. The number of ether oxygens (including phenoxy) is 2. The monoisotopic (exact) mass is 480 g/mol. The maximum absolute atomic E-state index is 12.7. The second-order valence-electron chi connectivity index (χ2n) is 10.4. The molecule has 190 valence electrons. The lowest BCUT2D eigenvalue weighted by Gasteiger charge is -2.39. The van der Waals surface area contributed by atoms with E-state index in [0.717, 1.165) is 43.5 Å². The number of β-amino-alcohol motifs (C(OH)–C–C–N with tert-alkyl or cyclic N) is 1. The van der Waals surface area contributed by atoms with Crippen LogP contribution in [0.3, 0.4) is 0 Å². The highest BCUT2D eigenvalue weighted by molar-refractivity contribution is 5.77. The molecule has 1 amide bonds. The topological polar surface area (TPSA) is 62.2 Å². The normalized spacial score (nSPS) is 25.8. The number of amides is 1. The van der Waals surface area contributed by atoms with E-state index >= 15 is 0 Å². The Kier molecular flexibility index (Phi) is 8.47.